The first-order chi connectivity index (χ1) is 12.3. The van der Waals surface area contributed by atoms with Crippen LogP contribution >= 0.6 is 0 Å². The fraction of sp³-hybridized carbons (Fsp3) is 0.476. The Morgan fingerprint density at radius 2 is 1.88 bits per heavy atom. The van der Waals surface area contributed by atoms with Crippen molar-refractivity contribution in [3.05, 3.63) is 66.0 Å². The van der Waals surface area contributed by atoms with Crippen molar-refractivity contribution >= 4 is 0 Å². The number of hydrogen-bond acceptors (Lipinski definition) is 4. The number of nitrogens with zero attached hydrogens (tertiary/aromatic N) is 3. The van der Waals surface area contributed by atoms with Crippen LogP contribution in [0.4, 0.5) is 0 Å². The van der Waals surface area contributed by atoms with Gasteiger partial charge in [-0.25, -0.2) is 0 Å². The van der Waals surface area contributed by atoms with Crippen LogP contribution in [0.1, 0.15) is 24.1 Å². The molecule has 3 rings (SSSR count). The van der Waals surface area contributed by atoms with Gasteiger partial charge in [0.15, 0.2) is 0 Å². The molecule has 1 atom stereocenters. The van der Waals surface area contributed by atoms with Gasteiger partial charge in [-0.05, 0) is 43.5 Å². The standard InChI is InChI=1S/C21H29N3O/c25-16-11-21-18-23(17-20-10-4-5-12-22-20)14-15-24(21)13-6-9-19-7-2-1-3-8-19/h1-5,7-8,10,12,21,25H,6,9,11,13-18H2/t21-/m0/s1. The van der Waals surface area contributed by atoms with Gasteiger partial charge in [-0.1, -0.05) is 36.4 Å². The molecule has 1 aromatic heterocycles. The van der Waals surface area contributed by atoms with Crippen LogP contribution in [0.25, 0.3) is 0 Å². The maximum Gasteiger partial charge on any atom is 0.0543 e. The Kier molecular flexibility index (Phi) is 6.98. The molecule has 4 heteroatoms. The van der Waals surface area contributed by atoms with Crippen molar-refractivity contribution in [3.8, 4) is 0 Å². The lowest BCUT2D eigenvalue weighted by Crippen LogP contribution is -2.53. The lowest BCUT2D eigenvalue weighted by Gasteiger charge is -2.41. The summed E-state index contributed by atoms with van der Waals surface area (Å²) >= 11 is 0. The Morgan fingerprint density at radius 1 is 1.04 bits per heavy atom. The normalized spacial score (nSPS) is 19.2. The van der Waals surface area contributed by atoms with Gasteiger partial charge < -0.3 is 5.11 Å². The summed E-state index contributed by atoms with van der Waals surface area (Å²) in [4.78, 5) is 9.47. The Morgan fingerprint density at radius 3 is 2.64 bits per heavy atom. The van der Waals surface area contributed by atoms with Crippen LogP contribution in [0.3, 0.4) is 0 Å². The third kappa shape index (κ3) is 5.63. The number of aliphatic hydroxyl groups is 1. The second-order valence-electron chi connectivity index (χ2n) is 6.85. The highest BCUT2D eigenvalue weighted by Crippen LogP contribution is 2.16. The third-order valence-electron chi connectivity index (χ3n) is 5.02. The van der Waals surface area contributed by atoms with Crippen LogP contribution in [0.5, 0.6) is 0 Å². The Balaban J connectivity index is 1.49. The van der Waals surface area contributed by atoms with Crippen molar-refractivity contribution in [1.82, 2.24) is 14.8 Å². The molecule has 0 aliphatic carbocycles. The van der Waals surface area contributed by atoms with Gasteiger partial charge in [0, 0.05) is 45.0 Å². The second kappa shape index (κ2) is 9.66. The second-order valence-corrected chi connectivity index (χ2v) is 6.85. The molecule has 0 amide bonds. The van der Waals surface area contributed by atoms with E-state index in [4.69, 9.17) is 0 Å². The largest absolute Gasteiger partial charge is 0.396 e. The molecule has 4 nitrogen and oxygen atoms in total. The molecule has 134 valence electrons. The van der Waals surface area contributed by atoms with Gasteiger partial charge in [0.25, 0.3) is 0 Å². The van der Waals surface area contributed by atoms with Crippen molar-refractivity contribution in [2.75, 3.05) is 32.8 Å². The zero-order chi connectivity index (χ0) is 17.3. The first-order valence-corrected chi connectivity index (χ1v) is 9.36. The molecule has 1 aromatic carbocycles. The molecule has 1 fully saturated rings. The van der Waals surface area contributed by atoms with Gasteiger partial charge in [-0.3, -0.25) is 14.8 Å². The number of aryl methyl sites for hydroxylation is 1. The summed E-state index contributed by atoms with van der Waals surface area (Å²) in [6.45, 7) is 5.44. The van der Waals surface area contributed by atoms with E-state index in [9.17, 15) is 5.11 Å². The summed E-state index contributed by atoms with van der Waals surface area (Å²) in [5, 5.41) is 9.46. The van der Waals surface area contributed by atoms with Crippen LogP contribution in [0, 0.1) is 0 Å². The van der Waals surface area contributed by atoms with E-state index in [1.54, 1.807) is 0 Å². The first-order valence-electron chi connectivity index (χ1n) is 9.36. The SMILES string of the molecule is OCC[C@H]1CN(Cc2ccccn2)CCN1CCCc1ccccc1. The van der Waals surface area contributed by atoms with Crippen molar-refractivity contribution in [2.24, 2.45) is 0 Å². The molecule has 1 saturated heterocycles. The number of piperazine rings is 1. The summed E-state index contributed by atoms with van der Waals surface area (Å²) in [6.07, 6.45) is 5.01. The number of aromatic nitrogens is 1. The molecule has 25 heavy (non-hydrogen) atoms. The molecule has 1 N–H and O–H groups in total. The molecule has 1 aliphatic rings. The highest BCUT2D eigenvalue weighted by Gasteiger charge is 2.26. The molecule has 0 unspecified atom stereocenters. The summed E-state index contributed by atoms with van der Waals surface area (Å²) in [5.41, 5.74) is 2.54. The van der Waals surface area contributed by atoms with Gasteiger partial charge in [-0.15, -0.1) is 0 Å². The molecule has 0 spiro atoms. The zero-order valence-electron chi connectivity index (χ0n) is 14.9. The van der Waals surface area contributed by atoms with Crippen LogP contribution in [-0.2, 0) is 13.0 Å². The monoisotopic (exact) mass is 339 g/mol. The maximum atomic E-state index is 9.46. The van der Waals surface area contributed by atoms with Gasteiger partial charge in [-0.2, -0.15) is 0 Å². The lowest BCUT2D eigenvalue weighted by molar-refractivity contribution is 0.0541. The van der Waals surface area contributed by atoms with Crippen LogP contribution < -0.4 is 0 Å². The fourth-order valence-corrected chi connectivity index (χ4v) is 3.67. The van der Waals surface area contributed by atoms with Gasteiger partial charge in [0.1, 0.15) is 0 Å². The number of benzene rings is 1. The molecule has 0 bridgehead atoms. The minimum atomic E-state index is 0.261. The minimum Gasteiger partial charge on any atom is -0.396 e. The molecule has 0 radical (unpaired) electrons. The quantitative estimate of drug-likeness (QED) is 0.802. The molecule has 2 heterocycles. The van der Waals surface area contributed by atoms with Crippen molar-refractivity contribution in [2.45, 2.75) is 31.8 Å². The Labute approximate surface area is 151 Å². The lowest BCUT2D eigenvalue weighted by atomic mass is 10.1. The smallest absolute Gasteiger partial charge is 0.0543 e. The molecular formula is C21H29N3O. The predicted molar refractivity (Wildman–Crippen MR) is 101 cm³/mol. The van der Waals surface area contributed by atoms with E-state index >= 15 is 0 Å². The Bertz CT molecular complexity index is 605. The minimum absolute atomic E-state index is 0.261. The van der Waals surface area contributed by atoms with E-state index in [0.717, 1.165) is 51.3 Å². The predicted octanol–water partition coefficient (Wildman–Crippen LogP) is 2.58. The highest BCUT2D eigenvalue weighted by molar-refractivity contribution is 5.14. The molecule has 2 aromatic rings. The number of aliphatic hydroxyl groups excluding tert-OH is 1. The van der Waals surface area contributed by atoms with E-state index in [1.807, 2.05) is 18.3 Å². The average molecular weight is 339 g/mol. The highest BCUT2D eigenvalue weighted by atomic mass is 16.3. The molecule has 0 saturated carbocycles. The average Bonchev–Trinajstić information content (AvgIpc) is 2.65. The van der Waals surface area contributed by atoms with E-state index in [-0.39, 0.29) is 6.61 Å². The summed E-state index contributed by atoms with van der Waals surface area (Å²) in [6, 6.07) is 17.2. The summed E-state index contributed by atoms with van der Waals surface area (Å²) in [5.74, 6) is 0. The zero-order valence-corrected chi connectivity index (χ0v) is 14.9. The van der Waals surface area contributed by atoms with Gasteiger partial charge >= 0.3 is 0 Å². The van der Waals surface area contributed by atoms with E-state index in [0.29, 0.717) is 6.04 Å². The van der Waals surface area contributed by atoms with Crippen LogP contribution in [-0.4, -0.2) is 58.7 Å². The van der Waals surface area contributed by atoms with E-state index < -0.39 is 0 Å². The summed E-state index contributed by atoms with van der Waals surface area (Å²) < 4.78 is 0. The van der Waals surface area contributed by atoms with E-state index in [2.05, 4.69) is 51.2 Å². The van der Waals surface area contributed by atoms with Crippen LogP contribution in [0.2, 0.25) is 0 Å². The van der Waals surface area contributed by atoms with Gasteiger partial charge in [0.2, 0.25) is 0 Å². The molecular weight excluding hydrogens is 310 g/mol. The number of hydrogen-bond donors (Lipinski definition) is 1. The third-order valence-corrected chi connectivity index (χ3v) is 5.02. The van der Waals surface area contributed by atoms with E-state index in [1.165, 1.54) is 12.0 Å². The number of rotatable bonds is 8. The Hall–Kier alpha value is -1.75. The molecule has 1 aliphatic heterocycles. The maximum absolute atomic E-state index is 9.46. The number of pyridine rings is 1. The van der Waals surface area contributed by atoms with Crippen molar-refractivity contribution < 1.29 is 5.11 Å². The fourth-order valence-electron chi connectivity index (χ4n) is 3.67. The van der Waals surface area contributed by atoms with Gasteiger partial charge in [0.05, 0.1) is 5.69 Å². The first kappa shape index (κ1) is 18.1. The summed E-state index contributed by atoms with van der Waals surface area (Å²) in [7, 11) is 0. The topological polar surface area (TPSA) is 39.6 Å². The van der Waals surface area contributed by atoms with Crippen LogP contribution in [0.15, 0.2) is 54.7 Å². The van der Waals surface area contributed by atoms with Crippen molar-refractivity contribution in [3.63, 3.8) is 0 Å². The van der Waals surface area contributed by atoms with Crippen molar-refractivity contribution in [1.29, 1.82) is 0 Å².